The summed E-state index contributed by atoms with van der Waals surface area (Å²) < 4.78 is 5.74. The van der Waals surface area contributed by atoms with Crippen molar-refractivity contribution in [2.24, 2.45) is 17.8 Å². The molecule has 1 unspecified atom stereocenters. The highest BCUT2D eigenvalue weighted by molar-refractivity contribution is 4.98. The maximum Gasteiger partial charge on any atom is 0.184 e. The summed E-state index contributed by atoms with van der Waals surface area (Å²) in [7, 11) is 0. The Morgan fingerprint density at radius 2 is 1.39 bits per heavy atom. The molecule has 0 spiro atoms. The Kier molecular flexibility index (Phi) is 5.18. The zero-order chi connectivity index (χ0) is 14.1. The fourth-order valence-corrected chi connectivity index (χ4v) is 3.13. The van der Waals surface area contributed by atoms with Crippen LogP contribution in [0.4, 0.5) is 0 Å². The zero-order valence-corrected chi connectivity index (χ0v) is 12.1. The van der Waals surface area contributed by atoms with Crippen LogP contribution in [0.3, 0.4) is 0 Å². The Labute approximate surface area is 110 Å². The Morgan fingerprint density at radius 1 is 0.944 bits per heavy atom. The summed E-state index contributed by atoms with van der Waals surface area (Å²) in [5.41, 5.74) is -0.555. The van der Waals surface area contributed by atoms with Crippen molar-refractivity contribution in [1.29, 1.82) is 0 Å². The lowest BCUT2D eigenvalue weighted by Crippen LogP contribution is -2.61. The number of hydrogen-bond donors (Lipinski definition) is 3. The van der Waals surface area contributed by atoms with Crippen LogP contribution in [0.5, 0.6) is 0 Å². The van der Waals surface area contributed by atoms with Gasteiger partial charge in [0.25, 0.3) is 0 Å². The van der Waals surface area contributed by atoms with Crippen molar-refractivity contribution >= 4 is 0 Å². The molecule has 4 heteroatoms. The summed E-state index contributed by atoms with van der Waals surface area (Å²) in [6.45, 7) is 10.3. The summed E-state index contributed by atoms with van der Waals surface area (Å²) in [6.07, 6.45) is -1.91. The van der Waals surface area contributed by atoms with Crippen molar-refractivity contribution < 1.29 is 20.1 Å². The molecule has 0 aromatic heterocycles. The average Bonchev–Trinajstić information content (AvgIpc) is 2.22. The van der Waals surface area contributed by atoms with Gasteiger partial charge in [-0.15, -0.1) is 0 Å². The van der Waals surface area contributed by atoms with Crippen LogP contribution in [-0.2, 0) is 4.74 Å². The second-order valence-corrected chi connectivity index (χ2v) is 6.54. The fourth-order valence-electron chi connectivity index (χ4n) is 3.13. The molecule has 0 radical (unpaired) electrons. The molecule has 1 aliphatic rings. The van der Waals surface area contributed by atoms with E-state index < -0.39 is 24.1 Å². The minimum Gasteiger partial charge on any atom is -0.390 e. The van der Waals surface area contributed by atoms with Gasteiger partial charge >= 0.3 is 0 Å². The maximum absolute atomic E-state index is 10.1. The highest BCUT2D eigenvalue weighted by atomic mass is 16.6. The van der Waals surface area contributed by atoms with Gasteiger partial charge in [-0.3, -0.25) is 0 Å². The molecule has 1 rings (SSSR count). The Morgan fingerprint density at radius 3 is 1.78 bits per heavy atom. The maximum atomic E-state index is 10.1. The van der Waals surface area contributed by atoms with Gasteiger partial charge in [0, 0.05) is 5.92 Å². The van der Waals surface area contributed by atoms with Crippen LogP contribution >= 0.6 is 0 Å². The first kappa shape index (κ1) is 15.9. The molecule has 3 N–H and O–H groups in total. The van der Waals surface area contributed by atoms with Crippen LogP contribution < -0.4 is 0 Å². The lowest BCUT2D eigenvalue weighted by Gasteiger charge is -2.50. The van der Waals surface area contributed by atoms with Crippen molar-refractivity contribution in [2.75, 3.05) is 0 Å². The lowest BCUT2D eigenvalue weighted by atomic mass is 9.71. The smallest absolute Gasteiger partial charge is 0.184 e. The number of rotatable bonds is 4. The molecule has 4 atom stereocenters. The first-order valence-electron chi connectivity index (χ1n) is 6.91. The Bertz CT molecular complexity index is 255. The molecule has 1 fully saturated rings. The molecule has 0 bridgehead atoms. The molecule has 0 aliphatic carbocycles. The summed E-state index contributed by atoms with van der Waals surface area (Å²) in [5, 5.41) is 29.6. The quantitative estimate of drug-likeness (QED) is 0.717. The van der Waals surface area contributed by atoms with E-state index in [0.29, 0.717) is 11.8 Å². The van der Waals surface area contributed by atoms with Gasteiger partial charge < -0.3 is 20.1 Å². The van der Waals surface area contributed by atoms with E-state index in [1.807, 2.05) is 6.92 Å². The molecule has 0 aromatic carbocycles. The van der Waals surface area contributed by atoms with E-state index in [2.05, 4.69) is 27.7 Å². The zero-order valence-electron chi connectivity index (χ0n) is 12.1. The molecule has 0 aromatic rings. The minimum absolute atomic E-state index is 0.194. The van der Waals surface area contributed by atoms with Gasteiger partial charge in [-0.2, -0.15) is 0 Å². The SMILES string of the molecule is CC(C)CC1(CC(C)C)OC(O)[C@H](O)[C@H](O)[C@H]1C. The van der Waals surface area contributed by atoms with Gasteiger partial charge in [0.05, 0.1) is 11.7 Å². The molecule has 1 saturated heterocycles. The molecule has 1 aliphatic heterocycles. The van der Waals surface area contributed by atoms with Gasteiger partial charge in [0.2, 0.25) is 0 Å². The largest absolute Gasteiger partial charge is 0.390 e. The Balaban J connectivity index is 2.99. The first-order valence-corrected chi connectivity index (χ1v) is 6.91. The van der Waals surface area contributed by atoms with Crippen molar-refractivity contribution in [2.45, 2.75) is 71.6 Å². The first-order chi connectivity index (χ1) is 8.19. The van der Waals surface area contributed by atoms with Crippen LogP contribution in [0.2, 0.25) is 0 Å². The highest BCUT2D eigenvalue weighted by Gasteiger charge is 2.51. The molecular weight excluding hydrogens is 232 g/mol. The normalized spacial score (nSPS) is 36.3. The van der Waals surface area contributed by atoms with Crippen LogP contribution in [0.25, 0.3) is 0 Å². The van der Waals surface area contributed by atoms with E-state index in [9.17, 15) is 15.3 Å². The summed E-state index contributed by atoms with van der Waals surface area (Å²) in [6, 6.07) is 0. The van der Waals surface area contributed by atoms with E-state index >= 15 is 0 Å². The van der Waals surface area contributed by atoms with Crippen molar-refractivity contribution in [1.82, 2.24) is 0 Å². The highest BCUT2D eigenvalue weighted by Crippen LogP contribution is 2.42. The van der Waals surface area contributed by atoms with Crippen LogP contribution in [-0.4, -0.2) is 39.4 Å². The van der Waals surface area contributed by atoms with E-state index in [-0.39, 0.29) is 5.92 Å². The van der Waals surface area contributed by atoms with E-state index in [1.54, 1.807) is 0 Å². The topological polar surface area (TPSA) is 69.9 Å². The Hall–Kier alpha value is -0.160. The van der Waals surface area contributed by atoms with E-state index in [1.165, 1.54) is 0 Å². The van der Waals surface area contributed by atoms with Gasteiger partial charge in [0.15, 0.2) is 6.29 Å². The number of hydrogen-bond acceptors (Lipinski definition) is 4. The third kappa shape index (κ3) is 3.23. The number of aliphatic hydroxyl groups excluding tert-OH is 3. The second kappa shape index (κ2) is 5.87. The van der Waals surface area contributed by atoms with Gasteiger partial charge in [0.1, 0.15) is 6.10 Å². The van der Waals surface area contributed by atoms with Crippen LogP contribution in [0.15, 0.2) is 0 Å². The molecular formula is C14H28O4. The number of ether oxygens (including phenoxy) is 1. The predicted molar refractivity (Wildman–Crippen MR) is 69.9 cm³/mol. The summed E-state index contributed by atoms with van der Waals surface area (Å²) in [5.74, 6) is 0.613. The molecule has 0 saturated carbocycles. The minimum atomic E-state index is -1.30. The van der Waals surface area contributed by atoms with Crippen molar-refractivity contribution in [3.63, 3.8) is 0 Å². The average molecular weight is 260 g/mol. The van der Waals surface area contributed by atoms with Crippen molar-refractivity contribution in [3.05, 3.63) is 0 Å². The molecule has 18 heavy (non-hydrogen) atoms. The van der Waals surface area contributed by atoms with E-state index in [0.717, 1.165) is 12.8 Å². The predicted octanol–water partition coefficient (Wildman–Crippen LogP) is 1.52. The van der Waals surface area contributed by atoms with E-state index in [4.69, 9.17) is 4.74 Å². The van der Waals surface area contributed by atoms with Crippen LogP contribution in [0.1, 0.15) is 47.5 Å². The molecule has 4 nitrogen and oxygen atoms in total. The standard InChI is InChI=1S/C14H28O4/c1-8(2)6-14(7-9(3)4)10(5)11(15)12(16)13(17)18-14/h8-13,15-17H,6-7H2,1-5H3/t10-,11-,12-,13?/m1/s1. The van der Waals surface area contributed by atoms with Gasteiger partial charge in [-0.1, -0.05) is 34.6 Å². The molecule has 0 amide bonds. The third-order valence-electron chi connectivity index (χ3n) is 3.85. The third-order valence-corrected chi connectivity index (χ3v) is 3.85. The summed E-state index contributed by atoms with van der Waals surface area (Å²) >= 11 is 0. The van der Waals surface area contributed by atoms with Gasteiger partial charge in [-0.25, -0.2) is 0 Å². The second-order valence-electron chi connectivity index (χ2n) is 6.54. The molecule has 108 valence electrons. The monoisotopic (exact) mass is 260 g/mol. The lowest BCUT2D eigenvalue weighted by molar-refractivity contribution is -0.311. The molecule has 1 heterocycles. The summed E-state index contributed by atoms with van der Waals surface area (Å²) in [4.78, 5) is 0. The fraction of sp³-hybridized carbons (Fsp3) is 1.00. The van der Waals surface area contributed by atoms with Gasteiger partial charge in [-0.05, 0) is 24.7 Å². The van der Waals surface area contributed by atoms with Crippen molar-refractivity contribution in [3.8, 4) is 0 Å². The van der Waals surface area contributed by atoms with Crippen LogP contribution in [0, 0.1) is 17.8 Å². The number of aliphatic hydroxyl groups is 3.